The van der Waals surface area contributed by atoms with Crippen molar-refractivity contribution in [3.8, 4) is 34.5 Å². The quantitative estimate of drug-likeness (QED) is 0.0735. The third-order valence-corrected chi connectivity index (χ3v) is 7.91. The molecule has 0 atom stereocenters. The van der Waals surface area contributed by atoms with Gasteiger partial charge in [0.25, 0.3) is 31.6 Å². The zero-order valence-electron chi connectivity index (χ0n) is 24.1. The molecule has 51 heavy (non-hydrogen) atoms. The second-order valence-electron chi connectivity index (χ2n) is 9.48. The van der Waals surface area contributed by atoms with Gasteiger partial charge in [-0.05, 0) is 35.7 Å². The maximum atomic E-state index is 12.6. The molecule has 22 nitrogen and oxygen atoms in total. The average Bonchev–Trinajstić information content (AvgIpc) is 2.98. The van der Waals surface area contributed by atoms with Crippen LogP contribution in [-0.2, 0) is 60.8 Å². The summed E-state index contributed by atoms with van der Waals surface area (Å²) < 4.78 is 64.5. The maximum absolute atomic E-state index is 12.6. The van der Waals surface area contributed by atoms with E-state index >= 15 is 0 Å². The first kappa shape index (κ1) is 41.7. The van der Waals surface area contributed by atoms with E-state index in [9.17, 15) is 76.8 Å². The largest absolute Gasteiger partial charge is 3.00 e. The Labute approximate surface area is 304 Å². The van der Waals surface area contributed by atoms with Crippen LogP contribution in [-0.4, -0.2) is 35.8 Å². The Morgan fingerprint density at radius 3 is 1.41 bits per heavy atom. The molecule has 4 aromatic rings. The van der Waals surface area contributed by atoms with E-state index in [0.717, 1.165) is 12.1 Å². The first-order chi connectivity index (χ1) is 22.7. The van der Waals surface area contributed by atoms with Crippen molar-refractivity contribution in [3.63, 3.8) is 0 Å². The fourth-order valence-corrected chi connectivity index (χ4v) is 5.05. The number of nitro benzene ring substituents is 2. The minimum Gasteiger partial charge on any atom is -0.872 e. The van der Waals surface area contributed by atoms with Gasteiger partial charge < -0.3 is 30.6 Å². The summed E-state index contributed by atoms with van der Waals surface area (Å²) in [5.74, 6) is -7.14. The van der Waals surface area contributed by atoms with E-state index in [4.69, 9.17) is 0 Å². The van der Waals surface area contributed by atoms with Crippen LogP contribution in [0.2, 0.25) is 0 Å². The van der Waals surface area contributed by atoms with Crippen LogP contribution in [0, 0.1) is 20.2 Å². The number of non-ortho nitro benzene ring substituents is 1. The molecule has 0 spiro atoms. The molecule has 0 fully saturated rings. The van der Waals surface area contributed by atoms with E-state index < -0.39 is 115 Å². The van der Waals surface area contributed by atoms with E-state index in [-0.39, 0.29) is 57.4 Å². The summed E-state index contributed by atoms with van der Waals surface area (Å²) in [4.78, 5) is 17.4. The van der Waals surface area contributed by atoms with Crippen LogP contribution in [0.15, 0.2) is 78.8 Å². The van der Waals surface area contributed by atoms with Crippen molar-refractivity contribution in [2.24, 2.45) is 20.5 Å². The molecule has 0 aliphatic heterocycles. The van der Waals surface area contributed by atoms with Crippen molar-refractivity contribution in [2.75, 3.05) is 0 Å². The summed E-state index contributed by atoms with van der Waals surface area (Å²) in [7, 11) is -10.3. The van der Waals surface area contributed by atoms with E-state index in [1.54, 1.807) is 0 Å². The predicted octanol–water partition coefficient (Wildman–Crippen LogP) is 0.855. The van der Waals surface area contributed by atoms with Gasteiger partial charge in [-0.3, -0.25) is 29.3 Å². The van der Waals surface area contributed by atoms with Gasteiger partial charge in [0.15, 0.2) is 0 Å². The smallest absolute Gasteiger partial charge is 0.872 e. The molecule has 0 unspecified atom stereocenters. The number of rotatable bonds is 10. The van der Waals surface area contributed by atoms with E-state index in [1.165, 1.54) is 0 Å². The van der Waals surface area contributed by atoms with Crippen molar-refractivity contribution in [1.29, 1.82) is 0 Å². The zero-order chi connectivity index (χ0) is 36.6. The third kappa shape index (κ3) is 9.41. The number of hydrogen-bond acceptors (Lipinski definition) is 18. The molecule has 0 aliphatic rings. The second-order valence-corrected chi connectivity index (χ2v) is 12.3. The predicted molar refractivity (Wildman–Crippen MR) is 147 cm³/mol. The molecule has 266 valence electrons. The molecule has 0 aliphatic carbocycles. The van der Waals surface area contributed by atoms with Gasteiger partial charge in [0.05, 0.1) is 37.5 Å². The first-order valence-corrected chi connectivity index (χ1v) is 15.3. The molecule has 26 heteroatoms. The monoisotopic (exact) mass is 828 g/mol. The minimum absolute atomic E-state index is 0. The molecule has 4 aromatic carbocycles. The fourth-order valence-electron chi connectivity index (χ4n) is 3.92. The van der Waals surface area contributed by atoms with Gasteiger partial charge >= 0.3 is 34.1 Å². The Kier molecular flexibility index (Phi) is 12.8. The number of nitro groups is 2. The Morgan fingerprint density at radius 1 is 0.549 bits per heavy atom. The van der Waals surface area contributed by atoms with Gasteiger partial charge in [0.2, 0.25) is 0 Å². The number of nitrogens with zero attached hydrogens (tertiary/aromatic N) is 6. The maximum Gasteiger partial charge on any atom is 3.00 e. The van der Waals surface area contributed by atoms with Gasteiger partial charge in [-0.1, -0.05) is 29.4 Å². The van der Waals surface area contributed by atoms with E-state index in [1.807, 2.05) is 0 Å². The van der Waals surface area contributed by atoms with Crippen LogP contribution in [0.4, 0.5) is 34.1 Å². The Hall–Kier alpha value is -5.46. The van der Waals surface area contributed by atoms with Gasteiger partial charge in [-0.25, -0.2) is 0 Å². The van der Waals surface area contributed by atoms with Crippen LogP contribution >= 0.6 is 0 Å². The standard InChI is InChI=1S/C25H18N6O16S2.2Fe/c32-19-8-21(34)14(26-28-16-4-12(30(38)39)5-23(25(16)37)49(45,46)47)2-10(19)1-11-3-15(22(35)9-20(11)33)27-29-17-6-13(48(42,43)44)7-18(24(17)36)31(40)41;;/h2-9,32-37H,1H2,(H,42,43,44)(H,45,46,47);;/q;2*+3/p-6. The van der Waals surface area contributed by atoms with Crippen LogP contribution in [0.3, 0.4) is 0 Å². The molecular weight excluding hydrogens is 816 g/mol. The van der Waals surface area contributed by atoms with Crippen molar-refractivity contribution in [2.45, 2.75) is 16.2 Å². The fraction of sp³-hybridized carbons (Fsp3) is 0.0400. The van der Waals surface area contributed by atoms with E-state index in [0.29, 0.717) is 24.3 Å². The number of benzene rings is 4. The summed E-state index contributed by atoms with van der Waals surface area (Å²) in [5, 5.41) is 111. The molecular formula is C25H12Fe2N6O16S2. The van der Waals surface area contributed by atoms with Crippen LogP contribution in [0.1, 0.15) is 11.1 Å². The van der Waals surface area contributed by atoms with Crippen LogP contribution in [0.5, 0.6) is 34.5 Å². The van der Waals surface area contributed by atoms with Crippen molar-refractivity contribution in [3.05, 3.63) is 79.9 Å². The van der Waals surface area contributed by atoms with Crippen molar-refractivity contribution in [1.82, 2.24) is 0 Å². The Bertz CT molecular complexity index is 2290. The number of hydrogen-bond donors (Lipinski definition) is 2. The van der Waals surface area contributed by atoms with Crippen molar-refractivity contribution < 1.29 is 101 Å². The summed E-state index contributed by atoms with van der Waals surface area (Å²) in [5.41, 5.74) is -6.38. The van der Waals surface area contributed by atoms with Crippen LogP contribution < -0.4 is 30.6 Å². The van der Waals surface area contributed by atoms with Crippen molar-refractivity contribution >= 4 is 54.4 Å². The van der Waals surface area contributed by atoms with Gasteiger partial charge in [-0.15, -0.1) is 11.5 Å². The Morgan fingerprint density at radius 2 is 1.00 bits per heavy atom. The SMILES string of the molecule is O=[N+]([O-])c1cc(N=Nc2cc(Cc3cc(N=Nc4cc(S(=O)(=O)O)cc([N+](=O)[O-])c4[O-])c([O-])cc3[O-])c([O-])cc2[O-])c([O-])c(S(=O)(=O)O)c1.[Fe+3].[Fe+3]. The Balaban J connectivity index is 0.00000451. The summed E-state index contributed by atoms with van der Waals surface area (Å²) >= 11 is 0. The van der Waals surface area contributed by atoms with Gasteiger partial charge in [0.1, 0.15) is 4.90 Å². The van der Waals surface area contributed by atoms with Crippen LogP contribution in [0.25, 0.3) is 0 Å². The molecule has 4 rings (SSSR count). The molecule has 0 amide bonds. The molecule has 0 saturated heterocycles. The summed E-state index contributed by atoms with van der Waals surface area (Å²) in [6, 6.07) is 3.99. The topological polar surface area (TPSA) is 383 Å². The van der Waals surface area contributed by atoms with E-state index in [2.05, 4.69) is 20.5 Å². The van der Waals surface area contributed by atoms with Gasteiger partial charge in [-0.2, -0.15) is 37.3 Å². The molecule has 2 N–H and O–H groups in total. The minimum atomic E-state index is -5.26. The molecule has 0 saturated carbocycles. The molecule has 0 heterocycles. The summed E-state index contributed by atoms with van der Waals surface area (Å²) in [6.45, 7) is 0. The second kappa shape index (κ2) is 15.6. The molecule has 0 aromatic heterocycles. The third-order valence-electron chi connectivity index (χ3n) is 6.22. The first-order valence-electron chi connectivity index (χ1n) is 12.5. The zero-order valence-corrected chi connectivity index (χ0v) is 28.0. The summed E-state index contributed by atoms with van der Waals surface area (Å²) in [6.07, 6.45) is -0.643. The number of azo groups is 2. The normalized spacial score (nSPS) is 11.6. The molecule has 2 radical (unpaired) electrons. The average molecular weight is 828 g/mol. The molecule has 0 bridgehead atoms. The van der Waals surface area contributed by atoms with Gasteiger partial charge in [0, 0.05) is 23.9 Å².